The third-order valence-corrected chi connectivity index (χ3v) is 3.13. The SMILES string of the molecule is CCN(CC)CCNCCOc1cccc(C(=O)O)c1. The maximum Gasteiger partial charge on any atom is 0.335 e. The number of ether oxygens (including phenoxy) is 1. The lowest BCUT2D eigenvalue weighted by atomic mass is 10.2. The van der Waals surface area contributed by atoms with Crippen LogP contribution in [0.1, 0.15) is 24.2 Å². The van der Waals surface area contributed by atoms with E-state index in [0.717, 1.165) is 32.7 Å². The lowest BCUT2D eigenvalue weighted by Crippen LogP contribution is -2.33. The van der Waals surface area contributed by atoms with Crippen LogP contribution in [0.25, 0.3) is 0 Å². The number of carbonyl (C=O) groups is 1. The van der Waals surface area contributed by atoms with Gasteiger partial charge < -0.3 is 20.1 Å². The molecule has 5 heteroatoms. The second-order valence-electron chi connectivity index (χ2n) is 4.46. The van der Waals surface area contributed by atoms with Gasteiger partial charge in [-0.1, -0.05) is 19.9 Å². The van der Waals surface area contributed by atoms with Gasteiger partial charge in [-0.15, -0.1) is 0 Å². The molecule has 0 amide bonds. The molecule has 20 heavy (non-hydrogen) atoms. The van der Waals surface area contributed by atoms with Gasteiger partial charge in [-0.05, 0) is 31.3 Å². The molecule has 0 fully saturated rings. The van der Waals surface area contributed by atoms with Crippen LogP contribution < -0.4 is 10.1 Å². The Balaban J connectivity index is 2.18. The maximum absolute atomic E-state index is 10.8. The minimum absolute atomic E-state index is 0.247. The fourth-order valence-corrected chi connectivity index (χ4v) is 1.86. The van der Waals surface area contributed by atoms with Crippen molar-refractivity contribution in [3.63, 3.8) is 0 Å². The number of hydrogen-bond acceptors (Lipinski definition) is 4. The summed E-state index contributed by atoms with van der Waals surface area (Å²) in [6.45, 7) is 9.68. The van der Waals surface area contributed by atoms with Gasteiger partial charge in [0.15, 0.2) is 0 Å². The Morgan fingerprint density at radius 2 is 2.05 bits per heavy atom. The molecule has 0 bridgehead atoms. The lowest BCUT2D eigenvalue weighted by Gasteiger charge is -2.18. The third kappa shape index (κ3) is 6.04. The van der Waals surface area contributed by atoms with E-state index in [1.807, 2.05) is 0 Å². The van der Waals surface area contributed by atoms with Crippen molar-refractivity contribution in [1.82, 2.24) is 10.2 Å². The molecule has 0 aliphatic carbocycles. The predicted octanol–water partition coefficient (Wildman–Crippen LogP) is 1.69. The number of carboxylic acids is 1. The van der Waals surface area contributed by atoms with Gasteiger partial charge in [-0.25, -0.2) is 4.79 Å². The number of carboxylic acid groups (broad SMARTS) is 1. The van der Waals surface area contributed by atoms with Crippen LogP contribution in [0.3, 0.4) is 0 Å². The first kappa shape index (κ1) is 16.5. The second-order valence-corrected chi connectivity index (χ2v) is 4.46. The van der Waals surface area contributed by atoms with E-state index in [4.69, 9.17) is 9.84 Å². The van der Waals surface area contributed by atoms with E-state index >= 15 is 0 Å². The summed E-state index contributed by atoms with van der Waals surface area (Å²) in [5.74, 6) is -0.344. The summed E-state index contributed by atoms with van der Waals surface area (Å²) in [5, 5.41) is 12.2. The summed E-state index contributed by atoms with van der Waals surface area (Å²) in [7, 11) is 0. The van der Waals surface area contributed by atoms with Gasteiger partial charge in [-0.2, -0.15) is 0 Å². The van der Waals surface area contributed by atoms with Crippen LogP contribution in [-0.2, 0) is 0 Å². The quantitative estimate of drug-likeness (QED) is 0.639. The van der Waals surface area contributed by atoms with E-state index in [0.29, 0.717) is 12.4 Å². The van der Waals surface area contributed by atoms with Crippen molar-refractivity contribution in [1.29, 1.82) is 0 Å². The Morgan fingerprint density at radius 1 is 1.30 bits per heavy atom. The summed E-state index contributed by atoms with van der Waals surface area (Å²) < 4.78 is 5.52. The Labute approximate surface area is 120 Å². The van der Waals surface area contributed by atoms with E-state index < -0.39 is 5.97 Å². The second kappa shape index (κ2) is 9.34. The number of benzene rings is 1. The van der Waals surface area contributed by atoms with Gasteiger partial charge >= 0.3 is 5.97 Å². The molecule has 112 valence electrons. The molecule has 0 saturated heterocycles. The highest BCUT2D eigenvalue weighted by Crippen LogP contribution is 2.12. The van der Waals surface area contributed by atoms with E-state index in [9.17, 15) is 4.79 Å². The van der Waals surface area contributed by atoms with Crippen molar-refractivity contribution in [2.24, 2.45) is 0 Å². The fraction of sp³-hybridized carbons (Fsp3) is 0.533. The number of hydrogen-bond donors (Lipinski definition) is 2. The lowest BCUT2D eigenvalue weighted by molar-refractivity contribution is 0.0696. The first-order valence-corrected chi connectivity index (χ1v) is 7.06. The Morgan fingerprint density at radius 3 is 2.70 bits per heavy atom. The molecule has 0 aromatic heterocycles. The minimum atomic E-state index is -0.937. The number of rotatable bonds is 10. The molecule has 2 N–H and O–H groups in total. The van der Waals surface area contributed by atoms with Crippen molar-refractivity contribution in [2.75, 3.05) is 39.3 Å². The first-order chi connectivity index (χ1) is 9.67. The standard InChI is InChI=1S/C15H24N2O3/c1-3-17(4-2)10-8-16-9-11-20-14-7-5-6-13(12-14)15(18)19/h5-7,12,16H,3-4,8-11H2,1-2H3,(H,18,19). The van der Waals surface area contributed by atoms with E-state index in [2.05, 4.69) is 24.1 Å². The minimum Gasteiger partial charge on any atom is -0.492 e. The molecule has 0 saturated carbocycles. The molecule has 0 aliphatic heterocycles. The fourth-order valence-electron chi connectivity index (χ4n) is 1.86. The van der Waals surface area contributed by atoms with E-state index in [1.54, 1.807) is 18.2 Å². The molecule has 1 aromatic carbocycles. The molecule has 1 aromatic rings. The average Bonchev–Trinajstić information content (AvgIpc) is 2.47. The van der Waals surface area contributed by atoms with Gasteiger partial charge in [0.1, 0.15) is 12.4 Å². The molecule has 5 nitrogen and oxygen atoms in total. The molecule has 0 heterocycles. The van der Waals surface area contributed by atoms with Crippen molar-refractivity contribution in [3.05, 3.63) is 29.8 Å². The van der Waals surface area contributed by atoms with E-state index in [-0.39, 0.29) is 5.56 Å². The molecule has 0 aliphatic rings. The largest absolute Gasteiger partial charge is 0.492 e. The molecule has 1 rings (SSSR count). The molecule has 0 atom stereocenters. The highest BCUT2D eigenvalue weighted by molar-refractivity contribution is 5.87. The van der Waals surface area contributed by atoms with Crippen LogP contribution in [-0.4, -0.2) is 55.3 Å². The Kier molecular flexibility index (Phi) is 7.69. The van der Waals surface area contributed by atoms with Crippen LogP contribution in [0.5, 0.6) is 5.75 Å². The van der Waals surface area contributed by atoms with Crippen LogP contribution in [0, 0.1) is 0 Å². The maximum atomic E-state index is 10.8. The van der Waals surface area contributed by atoms with Crippen molar-refractivity contribution in [2.45, 2.75) is 13.8 Å². The van der Waals surface area contributed by atoms with Gasteiger partial charge in [-0.3, -0.25) is 0 Å². The van der Waals surface area contributed by atoms with Gasteiger partial charge in [0.05, 0.1) is 5.56 Å². The average molecular weight is 280 g/mol. The summed E-state index contributed by atoms with van der Waals surface area (Å²) in [6.07, 6.45) is 0. The van der Waals surface area contributed by atoms with Crippen molar-refractivity contribution < 1.29 is 14.6 Å². The monoisotopic (exact) mass is 280 g/mol. The van der Waals surface area contributed by atoms with Gasteiger partial charge in [0.2, 0.25) is 0 Å². The molecule has 0 radical (unpaired) electrons. The highest BCUT2D eigenvalue weighted by atomic mass is 16.5. The van der Waals surface area contributed by atoms with Crippen LogP contribution in [0.2, 0.25) is 0 Å². The third-order valence-electron chi connectivity index (χ3n) is 3.13. The zero-order chi connectivity index (χ0) is 14.8. The van der Waals surface area contributed by atoms with Crippen LogP contribution >= 0.6 is 0 Å². The summed E-state index contributed by atoms with van der Waals surface area (Å²) >= 11 is 0. The highest BCUT2D eigenvalue weighted by Gasteiger charge is 2.03. The van der Waals surface area contributed by atoms with Crippen LogP contribution in [0.4, 0.5) is 0 Å². The Hall–Kier alpha value is -1.59. The molecule has 0 spiro atoms. The van der Waals surface area contributed by atoms with Crippen molar-refractivity contribution >= 4 is 5.97 Å². The summed E-state index contributed by atoms with van der Waals surface area (Å²) in [6, 6.07) is 6.55. The number of nitrogens with zero attached hydrogens (tertiary/aromatic N) is 1. The molecule has 0 unspecified atom stereocenters. The summed E-state index contributed by atoms with van der Waals surface area (Å²) in [5.41, 5.74) is 0.247. The smallest absolute Gasteiger partial charge is 0.335 e. The molecular formula is C15H24N2O3. The normalized spacial score (nSPS) is 10.8. The molecular weight excluding hydrogens is 256 g/mol. The zero-order valence-corrected chi connectivity index (χ0v) is 12.3. The van der Waals surface area contributed by atoms with Gasteiger partial charge in [0, 0.05) is 19.6 Å². The van der Waals surface area contributed by atoms with Crippen LogP contribution in [0.15, 0.2) is 24.3 Å². The predicted molar refractivity (Wildman–Crippen MR) is 79.6 cm³/mol. The number of nitrogens with one attached hydrogen (secondary N) is 1. The van der Waals surface area contributed by atoms with Gasteiger partial charge in [0.25, 0.3) is 0 Å². The zero-order valence-electron chi connectivity index (χ0n) is 12.3. The summed E-state index contributed by atoms with van der Waals surface area (Å²) in [4.78, 5) is 13.2. The Bertz CT molecular complexity index is 406. The van der Waals surface area contributed by atoms with E-state index in [1.165, 1.54) is 6.07 Å². The number of aromatic carboxylic acids is 1. The number of likely N-dealkylation sites (N-methyl/N-ethyl adjacent to an activating group) is 1. The van der Waals surface area contributed by atoms with Crippen molar-refractivity contribution in [3.8, 4) is 5.75 Å². The topological polar surface area (TPSA) is 61.8 Å². The first-order valence-electron chi connectivity index (χ1n) is 7.06.